The Kier molecular flexibility index (Phi) is 12.6. The van der Waals surface area contributed by atoms with Crippen LogP contribution in [-0.2, 0) is 9.47 Å². The van der Waals surface area contributed by atoms with Crippen LogP contribution < -0.4 is 10.6 Å². The van der Waals surface area contributed by atoms with Crippen molar-refractivity contribution in [2.24, 2.45) is 0 Å². The van der Waals surface area contributed by atoms with Gasteiger partial charge in [0, 0.05) is 20.2 Å². The van der Waals surface area contributed by atoms with Gasteiger partial charge >= 0.3 is 6.03 Å². The largest absolute Gasteiger partial charge is 0.382 e. The molecule has 2 N–H and O–H groups in total. The second-order valence-corrected chi connectivity index (χ2v) is 3.85. The predicted molar refractivity (Wildman–Crippen MR) is 68.2 cm³/mol. The summed E-state index contributed by atoms with van der Waals surface area (Å²) in [7, 11) is 1.63. The third kappa shape index (κ3) is 13.1. The summed E-state index contributed by atoms with van der Waals surface area (Å²) in [6.45, 7) is 5.12. The molecule has 5 heteroatoms. The van der Waals surface area contributed by atoms with E-state index >= 15 is 0 Å². The standard InChI is InChI=1S/C12H26N2O3/c1-3-4-5-6-7-13-12(15)14-8-9-17-11-10-16-2/h3-11H2,1-2H3,(H2,13,14,15). The van der Waals surface area contributed by atoms with Crippen LogP contribution in [0.15, 0.2) is 0 Å². The van der Waals surface area contributed by atoms with E-state index in [2.05, 4.69) is 17.6 Å². The van der Waals surface area contributed by atoms with Crippen LogP contribution in [0.1, 0.15) is 32.6 Å². The lowest BCUT2D eigenvalue weighted by Crippen LogP contribution is -2.37. The number of carbonyl (C=O) groups is 1. The van der Waals surface area contributed by atoms with E-state index in [4.69, 9.17) is 9.47 Å². The number of rotatable bonds is 11. The monoisotopic (exact) mass is 246 g/mol. The van der Waals surface area contributed by atoms with Crippen LogP contribution >= 0.6 is 0 Å². The molecule has 0 aliphatic rings. The molecule has 0 heterocycles. The Labute approximate surface area is 104 Å². The molecule has 2 amide bonds. The van der Waals surface area contributed by atoms with Gasteiger partial charge in [0.1, 0.15) is 0 Å². The molecule has 0 aromatic rings. The number of ether oxygens (including phenoxy) is 2. The molecule has 0 saturated carbocycles. The maximum atomic E-state index is 11.3. The number of carbonyl (C=O) groups excluding carboxylic acids is 1. The van der Waals surface area contributed by atoms with Crippen LogP contribution in [-0.4, -0.2) is 46.1 Å². The highest BCUT2D eigenvalue weighted by atomic mass is 16.5. The van der Waals surface area contributed by atoms with Crippen molar-refractivity contribution in [1.29, 1.82) is 0 Å². The number of hydrogen-bond donors (Lipinski definition) is 2. The normalized spacial score (nSPS) is 10.2. The highest BCUT2D eigenvalue weighted by molar-refractivity contribution is 5.73. The van der Waals surface area contributed by atoms with Crippen LogP contribution in [0.4, 0.5) is 4.79 Å². The van der Waals surface area contributed by atoms with Gasteiger partial charge in [-0.2, -0.15) is 0 Å². The molecule has 0 unspecified atom stereocenters. The first-order valence-electron chi connectivity index (χ1n) is 6.39. The van der Waals surface area contributed by atoms with Gasteiger partial charge in [-0.3, -0.25) is 0 Å². The lowest BCUT2D eigenvalue weighted by atomic mass is 10.2. The molecule has 0 aliphatic carbocycles. The fourth-order valence-corrected chi connectivity index (χ4v) is 1.30. The van der Waals surface area contributed by atoms with Crippen molar-refractivity contribution in [2.75, 3.05) is 40.0 Å². The van der Waals surface area contributed by atoms with Gasteiger partial charge < -0.3 is 20.1 Å². The third-order valence-electron chi connectivity index (χ3n) is 2.28. The molecule has 0 atom stereocenters. The quantitative estimate of drug-likeness (QED) is 0.544. The number of methoxy groups -OCH3 is 1. The number of amides is 2. The molecule has 102 valence electrons. The summed E-state index contributed by atoms with van der Waals surface area (Å²) < 4.78 is 10.0. The summed E-state index contributed by atoms with van der Waals surface area (Å²) in [5.41, 5.74) is 0. The topological polar surface area (TPSA) is 59.6 Å². The third-order valence-corrected chi connectivity index (χ3v) is 2.28. The van der Waals surface area contributed by atoms with E-state index in [-0.39, 0.29) is 6.03 Å². The maximum Gasteiger partial charge on any atom is 0.314 e. The highest BCUT2D eigenvalue weighted by Crippen LogP contribution is 1.96. The van der Waals surface area contributed by atoms with Crippen molar-refractivity contribution >= 4 is 6.03 Å². The summed E-state index contributed by atoms with van der Waals surface area (Å²) in [6, 6.07) is -0.114. The van der Waals surface area contributed by atoms with Crippen LogP contribution in [0.3, 0.4) is 0 Å². The Bertz CT molecular complexity index is 177. The minimum absolute atomic E-state index is 0.114. The van der Waals surface area contributed by atoms with Crippen LogP contribution in [0, 0.1) is 0 Å². The molecular weight excluding hydrogens is 220 g/mol. The van der Waals surface area contributed by atoms with Gasteiger partial charge in [0.2, 0.25) is 0 Å². The van der Waals surface area contributed by atoms with Crippen molar-refractivity contribution in [3.63, 3.8) is 0 Å². The zero-order valence-corrected chi connectivity index (χ0v) is 11.1. The first-order valence-corrected chi connectivity index (χ1v) is 6.39. The highest BCUT2D eigenvalue weighted by Gasteiger charge is 1.97. The molecule has 0 radical (unpaired) electrons. The fourth-order valence-electron chi connectivity index (χ4n) is 1.30. The van der Waals surface area contributed by atoms with Gasteiger partial charge in [0.25, 0.3) is 0 Å². The van der Waals surface area contributed by atoms with E-state index in [0.29, 0.717) is 26.4 Å². The van der Waals surface area contributed by atoms with Gasteiger partial charge in [-0.1, -0.05) is 26.2 Å². The average molecular weight is 246 g/mol. The second kappa shape index (κ2) is 13.3. The molecule has 0 spiro atoms. The van der Waals surface area contributed by atoms with Gasteiger partial charge in [0.15, 0.2) is 0 Å². The Morgan fingerprint density at radius 3 is 2.47 bits per heavy atom. The molecule has 0 saturated heterocycles. The summed E-state index contributed by atoms with van der Waals surface area (Å²) >= 11 is 0. The number of nitrogens with one attached hydrogen (secondary N) is 2. The first kappa shape index (κ1) is 16.2. The molecular formula is C12H26N2O3. The van der Waals surface area contributed by atoms with Crippen molar-refractivity contribution < 1.29 is 14.3 Å². The number of unbranched alkanes of at least 4 members (excludes halogenated alkanes) is 3. The zero-order valence-electron chi connectivity index (χ0n) is 11.1. The van der Waals surface area contributed by atoms with Crippen LogP contribution in [0.5, 0.6) is 0 Å². The molecule has 0 bridgehead atoms. The Morgan fingerprint density at radius 2 is 1.76 bits per heavy atom. The van der Waals surface area contributed by atoms with Crippen molar-refractivity contribution in [3.05, 3.63) is 0 Å². The average Bonchev–Trinajstić information content (AvgIpc) is 2.33. The minimum atomic E-state index is -0.114. The minimum Gasteiger partial charge on any atom is -0.382 e. The molecule has 0 rings (SSSR count). The van der Waals surface area contributed by atoms with Gasteiger partial charge in [-0.15, -0.1) is 0 Å². The van der Waals surface area contributed by atoms with Crippen molar-refractivity contribution in [1.82, 2.24) is 10.6 Å². The Balaban J connectivity index is 3.12. The molecule has 0 aliphatic heterocycles. The van der Waals surface area contributed by atoms with Gasteiger partial charge in [-0.05, 0) is 6.42 Å². The summed E-state index contributed by atoms with van der Waals surface area (Å²) in [6.07, 6.45) is 4.67. The second-order valence-electron chi connectivity index (χ2n) is 3.85. The number of urea groups is 1. The summed E-state index contributed by atoms with van der Waals surface area (Å²) in [5.74, 6) is 0. The van der Waals surface area contributed by atoms with Crippen LogP contribution in [0.25, 0.3) is 0 Å². The van der Waals surface area contributed by atoms with Gasteiger partial charge in [0.05, 0.1) is 19.8 Å². The Hall–Kier alpha value is -0.810. The Morgan fingerprint density at radius 1 is 1.00 bits per heavy atom. The number of hydrogen-bond acceptors (Lipinski definition) is 3. The van der Waals surface area contributed by atoms with E-state index < -0.39 is 0 Å². The van der Waals surface area contributed by atoms with E-state index in [1.807, 2.05) is 0 Å². The predicted octanol–water partition coefficient (Wildman–Crippen LogP) is 1.53. The van der Waals surface area contributed by atoms with E-state index in [1.165, 1.54) is 19.3 Å². The SMILES string of the molecule is CCCCCCNC(=O)NCCOCCOC. The molecule has 5 nitrogen and oxygen atoms in total. The molecule has 17 heavy (non-hydrogen) atoms. The van der Waals surface area contributed by atoms with E-state index in [0.717, 1.165) is 13.0 Å². The molecule has 0 aromatic heterocycles. The van der Waals surface area contributed by atoms with E-state index in [1.54, 1.807) is 7.11 Å². The summed E-state index contributed by atoms with van der Waals surface area (Å²) in [5, 5.41) is 5.55. The van der Waals surface area contributed by atoms with Gasteiger partial charge in [-0.25, -0.2) is 4.79 Å². The smallest absolute Gasteiger partial charge is 0.314 e. The van der Waals surface area contributed by atoms with E-state index in [9.17, 15) is 4.79 Å². The molecule has 0 aromatic carbocycles. The lowest BCUT2D eigenvalue weighted by molar-refractivity contribution is 0.0726. The molecule has 0 fully saturated rings. The zero-order chi connectivity index (χ0) is 12.8. The van der Waals surface area contributed by atoms with Crippen LogP contribution in [0.2, 0.25) is 0 Å². The fraction of sp³-hybridized carbons (Fsp3) is 0.917. The van der Waals surface area contributed by atoms with Crippen molar-refractivity contribution in [3.8, 4) is 0 Å². The summed E-state index contributed by atoms with van der Waals surface area (Å²) in [4.78, 5) is 11.3. The first-order chi connectivity index (χ1) is 8.31. The van der Waals surface area contributed by atoms with Crippen molar-refractivity contribution in [2.45, 2.75) is 32.6 Å². The lowest BCUT2D eigenvalue weighted by Gasteiger charge is -2.07. The maximum absolute atomic E-state index is 11.3.